The molecule has 8 rings (SSSR count). The molecular weight excluding hydrogens is 777 g/mol. The molecule has 4 aromatic heterocycles. The van der Waals surface area contributed by atoms with Gasteiger partial charge in [0, 0.05) is 58.8 Å². The second kappa shape index (κ2) is 20.2. The molecule has 0 fully saturated rings. The maximum absolute atomic E-state index is 13.0. The van der Waals surface area contributed by atoms with Gasteiger partial charge in [-0.15, -0.1) is 0 Å². The lowest BCUT2D eigenvalue weighted by molar-refractivity contribution is -0.118. The number of hydrogen-bond acceptors (Lipinski definition) is 8. The first-order valence-electron chi connectivity index (χ1n) is 20.2. The van der Waals surface area contributed by atoms with Crippen LogP contribution >= 0.6 is 0 Å². The molecule has 8 aromatic rings. The molecule has 0 aliphatic rings. The van der Waals surface area contributed by atoms with Crippen LogP contribution < -0.4 is 33.0 Å². The molecule has 12 nitrogen and oxygen atoms in total. The van der Waals surface area contributed by atoms with Gasteiger partial charge in [-0.1, -0.05) is 86.6 Å². The first kappa shape index (κ1) is 43.5. The largest absolute Gasteiger partial charge is 0.370 e. The van der Waals surface area contributed by atoms with E-state index in [-0.39, 0.29) is 23.2 Å². The van der Waals surface area contributed by atoms with Crippen molar-refractivity contribution in [1.29, 1.82) is 0 Å². The van der Waals surface area contributed by atoms with Gasteiger partial charge in [0.15, 0.2) is 10.9 Å². The van der Waals surface area contributed by atoms with E-state index >= 15 is 0 Å². The Morgan fingerprint density at radius 1 is 0.597 bits per heavy atom. The third-order valence-electron chi connectivity index (χ3n) is 9.69. The lowest BCUT2D eigenvalue weighted by Gasteiger charge is -2.19. The van der Waals surface area contributed by atoms with Crippen LogP contribution in [0.3, 0.4) is 0 Å². The molecule has 6 N–H and O–H groups in total. The van der Waals surface area contributed by atoms with Gasteiger partial charge in [-0.25, -0.2) is 9.97 Å². The summed E-state index contributed by atoms with van der Waals surface area (Å²) in [6.45, 7) is 7.71. The number of rotatable bonds is 11. The quantitative estimate of drug-likeness (QED) is 0.0934. The van der Waals surface area contributed by atoms with E-state index in [2.05, 4.69) is 10.6 Å². The summed E-state index contributed by atoms with van der Waals surface area (Å²) in [5, 5.41) is 7.62. The number of primary amides is 2. The second-order valence-electron chi connectivity index (χ2n) is 14.0. The van der Waals surface area contributed by atoms with Crippen molar-refractivity contribution in [3.8, 4) is 11.4 Å². The highest BCUT2D eigenvalue weighted by Crippen LogP contribution is 2.27. The lowest BCUT2D eigenvalue weighted by atomic mass is 10.1. The summed E-state index contributed by atoms with van der Waals surface area (Å²) in [6, 6.07) is 45.5. The topological polar surface area (TPSA) is 180 Å². The molecule has 0 bridgehead atoms. The molecular formula is C50H48N8O4. The summed E-state index contributed by atoms with van der Waals surface area (Å²) in [6.07, 6.45) is 3.51. The Labute approximate surface area is 359 Å². The summed E-state index contributed by atoms with van der Waals surface area (Å²) < 4.78 is 3.85. The average molecular weight is 825 g/mol. The van der Waals surface area contributed by atoms with Crippen LogP contribution in [0.25, 0.3) is 39.5 Å². The van der Waals surface area contributed by atoms with Gasteiger partial charge in [0.25, 0.3) is 0 Å². The fraction of sp³-hybridized carbons (Fsp3) is 0.120. The number of aryl methyl sites for hydroxylation is 3. The van der Waals surface area contributed by atoms with Crippen molar-refractivity contribution >= 4 is 63.0 Å². The van der Waals surface area contributed by atoms with E-state index in [9.17, 15) is 19.2 Å². The van der Waals surface area contributed by atoms with Gasteiger partial charge in [0.1, 0.15) is 22.9 Å². The molecule has 0 saturated carbocycles. The van der Waals surface area contributed by atoms with E-state index in [1.807, 2.05) is 164 Å². The normalized spacial score (nSPS) is 10.7. The van der Waals surface area contributed by atoms with Gasteiger partial charge in [0.2, 0.25) is 11.8 Å². The first-order chi connectivity index (χ1) is 30.0. The highest BCUT2D eigenvalue weighted by molar-refractivity contribution is 5.91. The van der Waals surface area contributed by atoms with Crippen LogP contribution in [-0.2, 0) is 16.0 Å². The van der Waals surface area contributed by atoms with Crippen molar-refractivity contribution in [1.82, 2.24) is 19.1 Å². The Balaban J connectivity index is 0.000000199. The van der Waals surface area contributed by atoms with Crippen molar-refractivity contribution in [2.75, 3.05) is 10.6 Å². The Kier molecular flexibility index (Phi) is 14.2. The number of amides is 2. The fourth-order valence-corrected chi connectivity index (χ4v) is 6.76. The number of nitrogens with two attached hydrogens (primary N) is 2. The zero-order chi connectivity index (χ0) is 44.2. The first-order valence-corrected chi connectivity index (χ1v) is 20.2. The molecule has 4 aromatic carbocycles. The zero-order valence-corrected chi connectivity index (χ0v) is 35.0. The standard InChI is InChI=1S/C24H22N4O2.C24H20N4O2.C2H6/c2*1-16-17(12-13-22(25)30)14-20-21(29)15-23(27-18-8-4-2-5-9-18)28(24(20)26-16)19-10-6-3-7-11-19;1-2/h2-11,14-15,27H,12-13H2,1H3,(H2,25,30);2-15,27H,1H3,(H2,25,30);1-2H3/b;13-12+;. The van der Waals surface area contributed by atoms with Crippen molar-refractivity contribution in [3.63, 3.8) is 0 Å². The molecule has 0 atom stereocenters. The summed E-state index contributed by atoms with van der Waals surface area (Å²) in [5.74, 6) is 0.302. The number of anilines is 4. The summed E-state index contributed by atoms with van der Waals surface area (Å²) in [4.78, 5) is 57.7. The fourth-order valence-electron chi connectivity index (χ4n) is 6.76. The third kappa shape index (κ3) is 10.4. The van der Waals surface area contributed by atoms with Gasteiger partial charge in [-0.3, -0.25) is 28.3 Å². The number of carbonyl (C=O) groups is 2. The monoisotopic (exact) mass is 824 g/mol. The van der Waals surface area contributed by atoms with E-state index in [0.717, 1.165) is 34.0 Å². The number of hydrogen-bond donors (Lipinski definition) is 4. The van der Waals surface area contributed by atoms with Crippen molar-refractivity contribution < 1.29 is 9.59 Å². The summed E-state index contributed by atoms with van der Waals surface area (Å²) >= 11 is 0. The number of carbonyl (C=O) groups excluding carboxylic acids is 2. The Morgan fingerprint density at radius 2 is 1.02 bits per heavy atom. The smallest absolute Gasteiger partial charge is 0.241 e. The molecule has 62 heavy (non-hydrogen) atoms. The molecule has 0 aliphatic carbocycles. The van der Waals surface area contributed by atoms with E-state index in [4.69, 9.17) is 21.4 Å². The van der Waals surface area contributed by atoms with Gasteiger partial charge in [-0.05, 0) is 98.1 Å². The summed E-state index contributed by atoms with van der Waals surface area (Å²) in [7, 11) is 0. The minimum Gasteiger partial charge on any atom is -0.370 e. The summed E-state index contributed by atoms with van der Waals surface area (Å²) in [5.41, 5.74) is 17.7. The number of nitrogens with zero attached hydrogens (tertiary/aromatic N) is 4. The molecule has 312 valence electrons. The van der Waals surface area contributed by atoms with Gasteiger partial charge in [0.05, 0.1) is 10.8 Å². The molecule has 0 aliphatic heterocycles. The maximum atomic E-state index is 13.0. The van der Waals surface area contributed by atoms with Gasteiger partial charge < -0.3 is 22.1 Å². The molecule has 0 unspecified atom stereocenters. The maximum Gasteiger partial charge on any atom is 0.241 e. The molecule has 0 spiro atoms. The van der Waals surface area contributed by atoms with Gasteiger partial charge >= 0.3 is 0 Å². The molecule has 2 amide bonds. The minimum atomic E-state index is -0.557. The number of benzene rings is 4. The molecule has 4 heterocycles. The Hall–Kier alpha value is -8.12. The predicted octanol–water partition coefficient (Wildman–Crippen LogP) is 8.82. The number of para-hydroxylation sites is 4. The number of aromatic nitrogens is 4. The van der Waals surface area contributed by atoms with E-state index in [1.165, 1.54) is 6.08 Å². The van der Waals surface area contributed by atoms with E-state index in [0.29, 0.717) is 51.4 Å². The van der Waals surface area contributed by atoms with Crippen LogP contribution in [0.4, 0.5) is 23.0 Å². The number of pyridine rings is 4. The minimum absolute atomic E-state index is 0.136. The van der Waals surface area contributed by atoms with Gasteiger partial charge in [-0.2, -0.15) is 0 Å². The predicted molar refractivity (Wildman–Crippen MR) is 251 cm³/mol. The SMILES string of the molecule is CC.Cc1nc2c(cc1/C=C/C(N)=O)c(=O)cc(Nc1ccccc1)n2-c1ccccc1.Cc1nc2c(cc1CCC(N)=O)c(=O)cc(Nc1ccccc1)n2-c1ccccc1. The molecule has 12 heteroatoms. The highest BCUT2D eigenvalue weighted by Gasteiger charge is 2.17. The average Bonchev–Trinajstić information content (AvgIpc) is 3.27. The van der Waals surface area contributed by atoms with Crippen LogP contribution in [0.1, 0.15) is 42.8 Å². The van der Waals surface area contributed by atoms with Crippen molar-refractivity contribution in [2.24, 2.45) is 11.5 Å². The number of fused-ring (bicyclic) bond motifs is 2. The van der Waals surface area contributed by atoms with Crippen LogP contribution in [0.2, 0.25) is 0 Å². The molecule has 0 radical (unpaired) electrons. The lowest BCUT2D eigenvalue weighted by Crippen LogP contribution is -2.16. The van der Waals surface area contributed by atoms with Crippen LogP contribution in [0, 0.1) is 13.8 Å². The highest BCUT2D eigenvalue weighted by atomic mass is 16.1. The van der Waals surface area contributed by atoms with E-state index in [1.54, 1.807) is 24.3 Å². The second-order valence-corrected chi connectivity index (χ2v) is 14.0. The van der Waals surface area contributed by atoms with Crippen molar-refractivity contribution in [3.05, 3.63) is 195 Å². The van der Waals surface area contributed by atoms with Crippen molar-refractivity contribution in [2.45, 2.75) is 40.5 Å². The Bertz CT molecular complexity index is 2990. The Morgan fingerprint density at radius 3 is 1.45 bits per heavy atom. The number of nitrogens with one attached hydrogen (secondary N) is 2. The van der Waals surface area contributed by atoms with Crippen LogP contribution in [-0.4, -0.2) is 30.9 Å². The third-order valence-corrected chi connectivity index (χ3v) is 9.69. The van der Waals surface area contributed by atoms with E-state index < -0.39 is 5.91 Å². The van der Waals surface area contributed by atoms with Crippen LogP contribution in [0.5, 0.6) is 0 Å². The zero-order valence-electron chi connectivity index (χ0n) is 35.0. The molecule has 0 saturated heterocycles. The van der Waals surface area contributed by atoms with Crippen LogP contribution in [0.15, 0.2) is 161 Å².